The first-order valence-corrected chi connectivity index (χ1v) is 13.0. The topological polar surface area (TPSA) is 38.8 Å². The van der Waals surface area contributed by atoms with E-state index in [0.717, 1.165) is 53.9 Å². The van der Waals surface area contributed by atoms with Crippen LogP contribution in [0.4, 0.5) is 0 Å². The van der Waals surface area contributed by atoms with Gasteiger partial charge in [-0.1, -0.05) is 36.4 Å². The summed E-state index contributed by atoms with van der Waals surface area (Å²) in [5, 5.41) is 0. The SMILES string of the molecule is CCSC(=S)OC1=C(c2c(C)cc(C)cc2C)C(=O)N(SC)C12CCC(OC)CC2. The van der Waals surface area contributed by atoms with Gasteiger partial charge in [-0.25, -0.2) is 0 Å². The van der Waals surface area contributed by atoms with Crippen LogP contribution in [0.5, 0.6) is 0 Å². The maximum Gasteiger partial charge on any atom is 0.268 e. The smallest absolute Gasteiger partial charge is 0.268 e. The predicted molar refractivity (Wildman–Crippen MR) is 132 cm³/mol. The molecule has 1 spiro atoms. The maximum absolute atomic E-state index is 13.8. The number of thioether (sulfide) groups is 1. The fraction of sp³-hybridized carbons (Fsp3) is 0.565. The van der Waals surface area contributed by atoms with Crippen LogP contribution in [-0.2, 0) is 14.3 Å². The molecule has 1 aromatic carbocycles. The minimum Gasteiger partial charge on any atom is -0.441 e. The summed E-state index contributed by atoms with van der Waals surface area (Å²) in [6, 6.07) is 4.27. The zero-order chi connectivity index (χ0) is 22.1. The molecule has 1 aliphatic heterocycles. The third-order valence-electron chi connectivity index (χ3n) is 6.09. The minimum absolute atomic E-state index is 0.0210. The third-order valence-corrected chi connectivity index (χ3v) is 8.01. The van der Waals surface area contributed by atoms with Crippen molar-refractivity contribution >= 4 is 51.8 Å². The molecule has 2 aliphatic rings. The molecule has 1 heterocycles. The van der Waals surface area contributed by atoms with Gasteiger partial charge in [0.25, 0.3) is 5.91 Å². The Labute approximate surface area is 194 Å². The van der Waals surface area contributed by atoms with E-state index >= 15 is 0 Å². The van der Waals surface area contributed by atoms with Crippen LogP contribution in [0.1, 0.15) is 54.9 Å². The van der Waals surface area contributed by atoms with E-state index < -0.39 is 5.54 Å². The number of hydrogen-bond donors (Lipinski definition) is 0. The molecule has 1 aromatic rings. The van der Waals surface area contributed by atoms with Gasteiger partial charge in [0, 0.05) is 13.4 Å². The normalized spacial score (nSPS) is 24.1. The van der Waals surface area contributed by atoms with Crippen LogP contribution in [-0.4, -0.2) is 45.4 Å². The number of carbonyl (C=O) groups is 1. The van der Waals surface area contributed by atoms with E-state index in [9.17, 15) is 4.79 Å². The summed E-state index contributed by atoms with van der Waals surface area (Å²) in [7, 11) is 1.76. The Morgan fingerprint density at radius 3 is 2.33 bits per heavy atom. The van der Waals surface area contributed by atoms with Crippen LogP contribution >= 0.6 is 35.9 Å². The number of amides is 1. The number of thiocarbonyl (C=S) groups is 1. The van der Waals surface area contributed by atoms with Gasteiger partial charge in [0.2, 0.25) is 4.38 Å². The lowest BCUT2D eigenvalue weighted by Gasteiger charge is -2.43. The van der Waals surface area contributed by atoms with Crippen LogP contribution in [0.3, 0.4) is 0 Å². The van der Waals surface area contributed by atoms with E-state index in [4.69, 9.17) is 21.7 Å². The monoisotopic (exact) mass is 465 g/mol. The molecule has 0 unspecified atom stereocenters. The third kappa shape index (κ3) is 4.18. The highest BCUT2D eigenvalue weighted by Crippen LogP contribution is 2.52. The van der Waals surface area contributed by atoms with E-state index in [1.807, 2.05) is 10.6 Å². The van der Waals surface area contributed by atoms with E-state index in [1.54, 1.807) is 7.11 Å². The summed E-state index contributed by atoms with van der Waals surface area (Å²) in [5.41, 5.74) is 4.55. The second-order valence-corrected chi connectivity index (χ2v) is 10.6. The lowest BCUT2D eigenvalue weighted by molar-refractivity contribution is -0.123. The Kier molecular flexibility index (Phi) is 7.59. The van der Waals surface area contributed by atoms with Crippen LogP contribution < -0.4 is 0 Å². The number of rotatable bonds is 5. The second-order valence-electron chi connectivity index (χ2n) is 8.01. The van der Waals surface area contributed by atoms with E-state index in [-0.39, 0.29) is 12.0 Å². The highest BCUT2D eigenvalue weighted by Gasteiger charge is 2.55. The Bertz CT molecular complexity index is 849. The van der Waals surface area contributed by atoms with Gasteiger partial charge >= 0.3 is 0 Å². The molecular weight excluding hydrogens is 434 g/mol. The Balaban J connectivity index is 2.21. The lowest BCUT2D eigenvalue weighted by Crippen LogP contribution is -2.48. The molecule has 1 fully saturated rings. The van der Waals surface area contributed by atoms with Crippen molar-refractivity contribution in [3.05, 3.63) is 40.1 Å². The summed E-state index contributed by atoms with van der Waals surface area (Å²) < 4.78 is 14.4. The molecule has 4 nitrogen and oxygen atoms in total. The minimum atomic E-state index is -0.483. The molecular formula is C23H31NO3S3. The van der Waals surface area contributed by atoms with Crippen LogP contribution in [0, 0.1) is 20.8 Å². The fourth-order valence-corrected chi connectivity index (χ4v) is 6.57. The van der Waals surface area contributed by atoms with Crippen molar-refractivity contribution < 1.29 is 14.3 Å². The van der Waals surface area contributed by atoms with Crippen molar-refractivity contribution in [1.29, 1.82) is 0 Å². The number of methoxy groups -OCH3 is 1. The molecule has 1 aliphatic carbocycles. The summed E-state index contributed by atoms with van der Waals surface area (Å²) >= 11 is 8.52. The molecule has 0 atom stereocenters. The predicted octanol–water partition coefficient (Wildman–Crippen LogP) is 5.83. The van der Waals surface area contributed by atoms with Gasteiger partial charge in [-0.2, -0.15) is 0 Å². The van der Waals surface area contributed by atoms with Gasteiger partial charge in [-0.05, 0) is 93.1 Å². The summed E-state index contributed by atoms with van der Waals surface area (Å²) in [5.74, 6) is 1.59. The number of aryl methyl sites for hydroxylation is 3. The van der Waals surface area contributed by atoms with Crippen molar-refractivity contribution in [1.82, 2.24) is 4.31 Å². The van der Waals surface area contributed by atoms with Gasteiger partial charge in [-0.15, -0.1) is 0 Å². The van der Waals surface area contributed by atoms with E-state index in [0.29, 0.717) is 9.96 Å². The van der Waals surface area contributed by atoms with Gasteiger partial charge in [0.05, 0.1) is 11.7 Å². The molecule has 164 valence electrons. The highest BCUT2D eigenvalue weighted by atomic mass is 32.2. The van der Waals surface area contributed by atoms with Crippen LogP contribution in [0.25, 0.3) is 5.57 Å². The first-order valence-electron chi connectivity index (χ1n) is 10.4. The van der Waals surface area contributed by atoms with Crippen molar-refractivity contribution in [3.63, 3.8) is 0 Å². The largest absolute Gasteiger partial charge is 0.441 e. The molecule has 7 heteroatoms. The second kappa shape index (κ2) is 9.63. The number of ether oxygens (including phenoxy) is 2. The van der Waals surface area contributed by atoms with Gasteiger partial charge in [-0.3, -0.25) is 9.10 Å². The Morgan fingerprint density at radius 2 is 1.83 bits per heavy atom. The number of benzene rings is 1. The maximum atomic E-state index is 13.8. The zero-order valence-electron chi connectivity index (χ0n) is 18.7. The van der Waals surface area contributed by atoms with Crippen molar-refractivity contribution in [2.24, 2.45) is 0 Å². The van der Waals surface area contributed by atoms with Crippen molar-refractivity contribution in [2.45, 2.75) is 65.0 Å². The summed E-state index contributed by atoms with van der Waals surface area (Å²) in [6.45, 7) is 8.28. The molecule has 1 saturated carbocycles. The highest BCUT2D eigenvalue weighted by molar-refractivity contribution is 8.22. The van der Waals surface area contributed by atoms with Crippen LogP contribution in [0.2, 0.25) is 0 Å². The van der Waals surface area contributed by atoms with Gasteiger partial charge in [0.15, 0.2) is 0 Å². The molecule has 3 rings (SSSR count). The lowest BCUT2D eigenvalue weighted by atomic mass is 9.78. The summed E-state index contributed by atoms with van der Waals surface area (Å²) in [6.07, 6.45) is 5.58. The first-order chi connectivity index (χ1) is 14.3. The number of hydrogen-bond acceptors (Lipinski definition) is 6. The van der Waals surface area contributed by atoms with E-state index in [2.05, 4.69) is 39.8 Å². The molecule has 30 heavy (non-hydrogen) atoms. The average Bonchev–Trinajstić information content (AvgIpc) is 2.90. The first kappa shape index (κ1) is 23.6. The molecule has 1 amide bonds. The Morgan fingerprint density at radius 1 is 1.23 bits per heavy atom. The molecule has 0 saturated heterocycles. The van der Waals surface area contributed by atoms with Gasteiger partial charge in [0.1, 0.15) is 11.3 Å². The van der Waals surface area contributed by atoms with E-state index in [1.165, 1.54) is 29.3 Å². The number of nitrogens with zero attached hydrogens (tertiary/aromatic N) is 1. The quantitative estimate of drug-likeness (QED) is 0.403. The standard InChI is InChI=1S/C23H31NO3S3/c1-7-30-22(28)27-20-19(18-15(3)12-14(2)13-16(18)4)21(25)24(29-6)23(20)10-8-17(26-5)9-11-23/h12-13,17H,7-11H2,1-6H3. The molecule has 0 N–H and O–H groups in total. The van der Waals surface area contributed by atoms with Crippen molar-refractivity contribution in [3.8, 4) is 0 Å². The van der Waals surface area contributed by atoms with Gasteiger partial charge < -0.3 is 9.47 Å². The Hall–Kier alpha value is -1.02. The zero-order valence-corrected chi connectivity index (χ0v) is 21.1. The van der Waals surface area contributed by atoms with Crippen molar-refractivity contribution in [2.75, 3.05) is 19.1 Å². The number of carbonyl (C=O) groups excluding carboxylic acids is 1. The molecule has 0 aromatic heterocycles. The fourth-order valence-electron chi connectivity index (χ4n) is 4.88. The average molecular weight is 466 g/mol. The molecule has 0 bridgehead atoms. The summed E-state index contributed by atoms with van der Waals surface area (Å²) in [4.78, 5) is 13.8. The van der Waals surface area contributed by atoms with Crippen LogP contribution in [0.15, 0.2) is 17.9 Å². The molecule has 0 radical (unpaired) electrons.